The summed E-state index contributed by atoms with van der Waals surface area (Å²) in [5.41, 5.74) is 0.932. The highest BCUT2D eigenvalue weighted by Crippen LogP contribution is 2.35. The van der Waals surface area contributed by atoms with Crippen molar-refractivity contribution in [3.05, 3.63) is 101 Å². The first-order valence-electron chi connectivity index (χ1n) is 6.95. The molecule has 1 heterocycles. The van der Waals surface area contributed by atoms with E-state index in [2.05, 4.69) is 11.1 Å². The van der Waals surface area contributed by atoms with Gasteiger partial charge in [-0.05, 0) is 23.3 Å². The lowest BCUT2D eigenvalue weighted by Crippen LogP contribution is -2.30. The highest BCUT2D eigenvalue weighted by atomic mass is 16.3. The zero-order valence-electron chi connectivity index (χ0n) is 11.8. The van der Waals surface area contributed by atoms with Gasteiger partial charge in [0, 0.05) is 6.20 Å². The number of benzene rings is 2. The van der Waals surface area contributed by atoms with Gasteiger partial charge in [-0.25, -0.2) is 0 Å². The average molecular weight is 286 g/mol. The summed E-state index contributed by atoms with van der Waals surface area (Å²) < 4.78 is 0. The van der Waals surface area contributed by atoms with Crippen molar-refractivity contribution in [1.82, 2.24) is 4.98 Å². The third-order valence-corrected chi connectivity index (χ3v) is 3.64. The van der Waals surface area contributed by atoms with E-state index in [1.165, 1.54) is 0 Å². The minimum absolute atomic E-state index is 0.434. The van der Waals surface area contributed by atoms with Crippen LogP contribution in [0.25, 0.3) is 0 Å². The summed E-state index contributed by atoms with van der Waals surface area (Å²) in [4.78, 5) is 4.31. The molecule has 0 saturated heterocycles. The van der Waals surface area contributed by atoms with Crippen LogP contribution in [0.5, 0.6) is 0 Å². The van der Waals surface area contributed by atoms with Crippen molar-refractivity contribution >= 4 is 0 Å². The first-order valence-corrected chi connectivity index (χ1v) is 6.95. The minimum Gasteiger partial charge on any atom is -0.374 e. The molecule has 3 aromatic rings. The highest BCUT2D eigenvalue weighted by Gasteiger charge is 2.35. The first-order chi connectivity index (χ1) is 10.7. The number of nitriles is 1. The fraction of sp³-hybridized carbons (Fsp3) is 0.0526. The Morgan fingerprint density at radius 1 is 0.864 bits per heavy atom. The quantitative estimate of drug-likeness (QED) is 0.804. The maximum Gasteiger partial charge on any atom is 0.157 e. The monoisotopic (exact) mass is 286 g/mol. The molecule has 0 aliphatic rings. The third kappa shape index (κ3) is 2.37. The van der Waals surface area contributed by atoms with Gasteiger partial charge in [0.1, 0.15) is 0 Å². The summed E-state index contributed by atoms with van der Waals surface area (Å²) >= 11 is 0. The summed E-state index contributed by atoms with van der Waals surface area (Å²) in [5.74, 6) is 0. The average Bonchev–Trinajstić information content (AvgIpc) is 2.62. The number of rotatable bonds is 3. The van der Waals surface area contributed by atoms with Crippen LogP contribution in [0.2, 0.25) is 0 Å². The van der Waals surface area contributed by atoms with Gasteiger partial charge in [0.25, 0.3) is 0 Å². The Labute approximate surface area is 129 Å². The van der Waals surface area contributed by atoms with Crippen molar-refractivity contribution in [2.75, 3.05) is 0 Å². The van der Waals surface area contributed by atoms with Crippen molar-refractivity contribution in [2.45, 2.75) is 5.60 Å². The lowest BCUT2D eigenvalue weighted by molar-refractivity contribution is 0.121. The Kier molecular flexibility index (Phi) is 3.69. The molecule has 3 rings (SSSR count). The van der Waals surface area contributed by atoms with Gasteiger partial charge in [-0.1, -0.05) is 60.7 Å². The van der Waals surface area contributed by atoms with Gasteiger partial charge in [0.15, 0.2) is 5.60 Å². The van der Waals surface area contributed by atoms with E-state index in [1.54, 1.807) is 18.3 Å². The molecule has 3 heteroatoms. The zero-order valence-corrected chi connectivity index (χ0v) is 11.8. The summed E-state index contributed by atoms with van der Waals surface area (Å²) in [6.07, 6.45) is 1.55. The molecule has 0 aliphatic heterocycles. The van der Waals surface area contributed by atoms with E-state index in [4.69, 9.17) is 5.26 Å². The number of hydrogen-bond donors (Lipinski definition) is 1. The molecule has 0 fully saturated rings. The SMILES string of the molecule is N#Cc1ccnc(C(O)(c2ccccc2)c2ccccc2)c1. The van der Waals surface area contributed by atoms with Gasteiger partial charge >= 0.3 is 0 Å². The minimum atomic E-state index is -1.39. The van der Waals surface area contributed by atoms with E-state index in [9.17, 15) is 5.11 Å². The predicted molar refractivity (Wildman–Crippen MR) is 83.9 cm³/mol. The van der Waals surface area contributed by atoms with Crippen LogP contribution in [0, 0.1) is 11.3 Å². The Morgan fingerprint density at radius 2 is 1.41 bits per heavy atom. The van der Waals surface area contributed by atoms with Crippen LogP contribution >= 0.6 is 0 Å². The van der Waals surface area contributed by atoms with Crippen LogP contribution in [0.4, 0.5) is 0 Å². The second-order valence-electron chi connectivity index (χ2n) is 4.98. The third-order valence-electron chi connectivity index (χ3n) is 3.64. The second kappa shape index (κ2) is 5.80. The highest BCUT2D eigenvalue weighted by molar-refractivity contribution is 5.46. The summed E-state index contributed by atoms with van der Waals surface area (Å²) in [7, 11) is 0. The van der Waals surface area contributed by atoms with Gasteiger partial charge in [-0.2, -0.15) is 5.26 Å². The van der Waals surface area contributed by atoms with Crippen LogP contribution < -0.4 is 0 Å². The Hall–Kier alpha value is -2.96. The van der Waals surface area contributed by atoms with Crippen molar-refractivity contribution in [3.8, 4) is 6.07 Å². The van der Waals surface area contributed by atoms with E-state index in [1.807, 2.05) is 60.7 Å². The molecule has 0 bridgehead atoms. The molecule has 2 aromatic carbocycles. The number of aliphatic hydroxyl groups is 1. The van der Waals surface area contributed by atoms with Gasteiger partial charge in [0.2, 0.25) is 0 Å². The lowest BCUT2D eigenvalue weighted by Gasteiger charge is -2.29. The van der Waals surface area contributed by atoms with Crippen LogP contribution in [0.1, 0.15) is 22.4 Å². The van der Waals surface area contributed by atoms with Gasteiger partial charge in [-0.15, -0.1) is 0 Å². The van der Waals surface area contributed by atoms with E-state index >= 15 is 0 Å². The standard InChI is InChI=1S/C19H14N2O/c20-14-15-11-12-21-18(13-15)19(22,16-7-3-1-4-8-16)17-9-5-2-6-10-17/h1-13,22H. The Morgan fingerprint density at radius 3 is 1.91 bits per heavy atom. The molecule has 106 valence electrons. The molecule has 1 N–H and O–H groups in total. The molecular formula is C19H14N2O. The second-order valence-corrected chi connectivity index (χ2v) is 4.98. The van der Waals surface area contributed by atoms with Crippen LogP contribution in [0.15, 0.2) is 79.0 Å². The molecule has 1 aromatic heterocycles. The maximum atomic E-state index is 11.5. The molecule has 22 heavy (non-hydrogen) atoms. The van der Waals surface area contributed by atoms with E-state index in [-0.39, 0.29) is 0 Å². The number of aromatic nitrogens is 1. The van der Waals surface area contributed by atoms with E-state index in [0.29, 0.717) is 22.4 Å². The molecule has 0 unspecified atom stereocenters. The van der Waals surface area contributed by atoms with Gasteiger partial charge < -0.3 is 5.11 Å². The zero-order chi connectivity index (χ0) is 15.4. The Bertz CT molecular complexity index is 768. The fourth-order valence-corrected chi connectivity index (χ4v) is 2.52. The smallest absolute Gasteiger partial charge is 0.157 e. The molecular weight excluding hydrogens is 272 g/mol. The Balaban J connectivity index is 2.26. The largest absolute Gasteiger partial charge is 0.374 e. The lowest BCUT2D eigenvalue weighted by atomic mass is 9.83. The number of pyridine rings is 1. The van der Waals surface area contributed by atoms with Crippen molar-refractivity contribution in [3.63, 3.8) is 0 Å². The topological polar surface area (TPSA) is 56.9 Å². The van der Waals surface area contributed by atoms with Crippen LogP contribution in [-0.4, -0.2) is 10.1 Å². The first kappa shape index (κ1) is 14.0. The van der Waals surface area contributed by atoms with Crippen LogP contribution in [0.3, 0.4) is 0 Å². The van der Waals surface area contributed by atoms with Crippen molar-refractivity contribution in [2.24, 2.45) is 0 Å². The van der Waals surface area contributed by atoms with E-state index < -0.39 is 5.60 Å². The molecule has 0 radical (unpaired) electrons. The van der Waals surface area contributed by atoms with Gasteiger partial charge in [-0.3, -0.25) is 4.98 Å². The van der Waals surface area contributed by atoms with Crippen molar-refractivity contribution < 1.29 is 5.11 Å². The summed E-state index contributed by atoms with van der Waals surface area (Å²) in [6, 6.07) is 24.0. The maximum absolute atomic E-state index is 11.5. The summed E-state index contributed by atoms with van der Waals surface area (Å²) in [5, 5.41) is 20.6. The normalized spacial score (nSPS) is 10.9. The van der Waals surface area contributed by atoms with Gasteiger partial charge in [0.05, 0.1) is 17.3 Å². The van der Waals surface area contributed by atoms with E-state index in [0.717, 1.165) is 0 Å². The molecule has 0 spiro atoms. The predicted octanol–water partition coefficient (Wildman–Crippen LogP) is 3.24. The van der Waals surface area contributed by atoms with Crippen LogP contribution in [-0.2, 0) is 5.60 Å². The van der Waals surface area contributed by atoms with Crippen molar-refractivity contribution in [1.29, 1.82) is 5.26 Å². The summed E-state index contributed by atoms with van der Waals surface area (Å²) in [6.45, 7) is 0. The molecule has 3 nitrogen and oxygen atoms in total. The molecule has 0 aliphatic carbocycles. The molecule has 0 atom stereocenters. The number of hydrogen-bond acceptors (Lipinski definition) is 3. The number of nitrogens with zero attached hydrogens (tertiary/aromatic N) is 2. The fourth-order valence-electron chi connectivity index (χ4n) is 2.52. The molecule has 0 amide bonds. The molecule has 0 saturated carbocycles.